The van der Waals surface area contributed by atoms with Crippen molar-refractivity contribution in [1.29, 1.82) is 0 Å². The average molecular weight is 505 g/mol. The van der Waals surface area contributed by atoms with E-state index in [0.29, 0.717) is 29.2 Å². The molecule has 0 bridgehead atoms. The molecule has 3 saturated carbocycles. The predicted molar refractivity (Wildman–Crippen MR) is 153 cm³/mol. The van der Waals surface area contributed by atoms with Gasteiger partial charge in [0.05, 0.1) is 0 Å². The van der Waals surface area contributed by atoms with Crippen molar-refractivity contribution in [3.8, 4) is 0 Å². The number of rotatable bonds is 9. The molecule has 36 heavy (non-hydrogen) atoms. The van der Waals surface area contributed by atoms with E-state index in [4.69, 9.17) is 0 Å². The molecule has 0 aromatic carbocycles. The molecule has 3 rings (SSSR count). The van der Waals surface area contributed by atoms with E-state index in [1.54, 1.807) is 0 Å². The molecule has 0 aliphatic heterocycles. The molecule has 0 radical (unpaired) electrons. The van der Waals surface area contributed by atoms with Crippen LogP contribution in [0.1, 0.15) is 157 Å². The lowest BCUT2D eigenvalue weighted by Crippen LogP contribution is -2.15. The molecule has 0 amide bonds. The third kappa shape index (κ3) is 15.3. The summed E-state index contributed by atoms with van der Waals surface area (Å²) >= 11 is 0. The van der Waals surface area contributed by atoms with Gasteiger partial charge in [0, 0.05) is 37.0 Å². The molecule has 3 nitrogen and oxygen atoms in total. The van der Waals surface area contributed by atoms with Gasteiger partial charge in [0.1, 0.15) is 17.3 Å². The van der Waals surface area contributed by atoms with Crippen LogP contribution in [0.5, 0.6) is 0 Å². The van der Waals surface area contributed by atoms with Crippen LogP contribution in [0.15, 0.2) is 0 Å². The normalized spacial score (nSPS) is 19.9. The summed E-state index contributed by atoms with van der Waals surface area (Å²) in [6, 6.07) is 0. The molecule has 0 N–H and O–H groups in total. The van der Waals surface area contributed by atoms with Crippen molar-refractivity contribution < 1.29 is 14.4 Å². The third-order valence-electron chi connectivity index (χ3n) is 8.58. The lowest BCUT2D eigenvalue weighted by molar-refractivity contribution is -0.123. The first-order chi connectivity index (χ1) is 17.1. The van der Waals surface area contributed by atoms with Gasteiger partial charge in [-0.1, -0.05) is 138 Å². The molecule has 3 fully saturated rings. The molecule has 0 atom stereocenters. The molecule has 3 aliphatic carbocycles. The number of hydrogen-bond donors (Lipinski definition) is 0. The highest BCUT2D eigenvalue weighted by molar-refractivity contribution is 5.81. The minimum Gasteiger partial charge on any atom is -0.299 e. The Morgan fingerprint density at radius 1 is 0.417 bits per heavy atom. The molecule has 0 unspecified atom stereocenters. The second-order valence-corrected chi connectivity index (χ2v) is 13.0. The molecule has 3 heteroatoms. The SMILES string of the molecule is CC(C)C(=O)CC1CCCC1.CC(C)C(=O)CC1CCCCC1.CC(C)C(=O)CC1CCCCCC1. The average Bonchev–Trinajstić information content (AvgIpc) is 3.22. The fraction of sp³-hybridized carbons (Fsp3) is 0.909. The number of Topliss-reactive ketones (excluding diaryl/α,β-unsaturated/α-hetero) is 3. The smallest absolute Gasteiger partial charge is 0.135 e. The minimum atomic E-state index is 0.239. The molecule has 210 valence electrons. The molecular weight excluding hydrogens is 444 g/mol. The molecule has 3 aliphatic rings. The van der Waals surface area contributed by atoms with Crippen LogP contribution >= 0.6 is 0 Å². The largest absolute Gasteiger partial charge is 0.299 e. The Hall–Kier alpha value is -0.990. The second kappa shape index (κ2) is 19.1. The summed E-state index contributed by atoms with van der Waals surface area (Å²) in [5.41, 5.74) is 0. The maximum atomic E-state index is 11.5. The van der Waals surface area contributed by atoms with Gasteiger partial charge in [-0.05, 0) is 17.8 Å². The van der Waals surface area contributed by atoms with Gasteiger partial charge in [0.25, 0.3) is 0 Å². The lowest BCUT2D eigenvalue weighted by atomic mass is 9.84. The van der Waals surface area contributed by atoms with Crippen molar-refractivity contribution in [2.24, 2.45) is 35.5 Å². The molecule has 0 heterocycles. The van der Waals surface area contributed by atoms with Crippen LogP contribution in [-0.4, -0.2) is 17.3 Å². The minimum absolute atomic E-state index is 0.239. The van der Waals surface area contributed by atoms with Crippen molar-refractivity contribution in [3.63, 3.8) is 0 Å². The number of carbonyl (C=O) groups excluding carboxylic acids is 3. The highest BCUT2D eigenvalue weighted by Gasteiger charge is 2.20. The summed E-state index contributed by atoms with van der Waals surface area (Å²) < 4.78 is 0. The van der Waals surface area contributed by atoms with Gasteiger partial charge in [0.2, 0.25) is 0 Å². The van der Waals surface area contributed by atoms with Crippen LogP contribution in [-0.2, 0) is 14.4 Å². The summed E-state index contributed by atoms with van der Waals surface area (Å²) in [7, 11) is 0. The van der Waals surface area contributed by atoms with Gasteiger partial charge < -0.3 is 0 Å². The summed E-state index contributed by atoms with van der Waals surface area (Å²) in [6.45, 7) is 12.0. The maximum Gasteiger partial charge on any atom is 0.135 e. The Kier molecular flexibility index (Phi) is 17.6. The molecule has 0 spiro atoms. The second-order valence-electron chi connectivity index (χ2n) is 13.0. The third-order valence-corrected chi connectivity index (χ3v) is 8.58. The molecule has 0 aromatic heterocycles. The van der Waals surface area contributed by atoms with Gasteiger partial charge in [-0.15, -0.1) is 0 Å². The first-order valence-electron chi connectivity index (χ1n) is 15.7. The van der Waals surface area contributed by atoms with Crippen molar-refractivity contribution >= 4 is 17.3 Å². The van der Waals surface area contributed by atoms with E-state index in [1.807, 2.05) is 41.5 Å². The fourth-order valence-corrected chi connectivity index (χ4v) is 5.73. The van der Waals surface area contributed by atoms with Crippen LogP contribution in [0.3, 0.4) is 0 Å². The number of hydrogen-bond acceptors (Lipinski definition) is 3. The highest BCUT2D eigenvalue weighted by atomic mass is 16.1. The fourth-order valence-electron chi connectivity index (χ4n) is 5.73. The van der Waals surface area contributed by atoms with Gasteiger partial charge in [-0.3, -0.25) is 14.4 Å². The zero-order valence-electron chi connectivity index (χ0n) is 24.9. The van der Waals surface area contributed by atoms with E-state index in [2.05, 4.69) is 0 Å². The topological polar surface area (TPSA) is 51.2 Å². The maximum absolute atomic E-state index is 11.5. The zero-order valence-corrected chi connectivity index (χ0v) is 24.9. The Morgan fingerprint density at radius 3 is 0.833 bits per heavy atom. The standard InChI is InChI=1S/C12H22O.C11H20O.C10H18O/c1-10(2)12(13)9-11-7-5-3-4-6-8-11;1-9(2)11(12)8-10-6-4-3-5-7-10;1-8(2)10(11)7-9-5-3-4-6-9/h10-11H,3-9H2,1-2H3;9-10H,3-8H2,1-2H3;8-9H,3-7H2,1-2H3. The lowest BCUT2D eigenvalue weighted by Gasteiger charge is -2.21. The van der Waals surface area contributed by atoms with E-state index >= 15 is 0 Å². The molecule has 0 saturated heterocycles. The van der Waals surface area contributed by atoms with Crippen molar-refractivity contribution in [2.45, 2.75) is 157 Å². The molecular formula is C33H60O3. The summed E-state index contributed by atoms with van der Waals surface area (Å²) in [4.78, 5) is 34.2. The van der Waals surface area contributed by atoms with Gasteiger partial charge in [0.15, 0.2) is 0 Å². The zero-order chi connectivity index (χ0) is 26.9. The van der Waals surface area contributed by atoms with Crippen LogP contribution in [0.4, 0.5) is 0 Å². The first kappa shape index (κ1) is 33.0. The van der Waals surface area contributed by atoms with Crippen molar-refractivity contribution in [2.75, 3.05) is 0 Å². The summed E-state index contributed by atoms with van der Waals surface area (Å²) in [5.74, 6) is 4.26. The summed E-state index contributed by atoms with van der Waals surface area (Å²) in [5, 5.41) is 0. The van der Waals surface area contributed by atoms with E-state index in [1.165, 1.54) is 96.3 Å². The van der Waals surface area contributed by atoms with E-state index in [0.717, 1.165) is 25.2 Å². The van der Waals surface area contributed by atoms with Crippen LogP contribution in [0.25, 0.3) is 0 Å². The van der Waals surface area contributed by atoms with E-state index < -0.39 is 0 Å². The first-order valence-corrected chi connectivity index (χ1v) is 15.7. The van der Waals surface area contributed by atoms with Crippen molar-refractivity contribution in [1.82, 2.24) is 0 Å². The monoisotopic (exact) mass is 504 g/mol. The van der Waals surface area contributed by atoms with E-state index in [-0.39, 0.29) is 17.8 Å². The van der Waals surface area contributed by atoms with Crippen LogP contribution < -0.4 is 0 Å². The Labute approximate surface area is 224 Å². The van der Waals surface area contributed by atoms with Gasteiger partial charge in [-0.25, -0.2) is 0 Å². The van der Waals surface area contributed by atoms with E-state index in [9.17, 15) is 14.4 Å². The van der Waals surface area contributed by atoms with Crippen molar-refractivity contribution in [3.05, 3.63) is 0 Å². The number of ketones is 3. The molecule has 0 aromatic rings. The Balaban J connectivity index is 0.000000271. The van der Waals surface area contributed by atoms with Gasteiger partial charge >= 0.3 is 0 Å². The van der Waals surface area contributed by atoms with Crippen LogP contribution in [0, 0.1) is 35.5 Å². The quantitative estimate of drug-likeness (QED) is 0.294. The Morgan fingerprint density at radius 2 is 0.611 bits per heavy atom. The predicted octanol–water partition coefficient (Wildman–Crippen LogP) is 9.55. The number of carbonyl (C=O) groups is 3. The van der Waals surface area contributed by atoms with Gasteiger partial charge in [-0.2, -0.15) is 0 Å². The summed E-state index contributed by atoms with van der Waals surface area (Å²) in [6.07, 6.45) is 22.5. The highest BCUT2D eigenvalue weighted by Crippen LogP contribution is 2.29. The van der Waals surface area contributed by atoms with Crippen LogP contribution in [0.2, 0.25) is 0 Å². The Bertz CT molecular complexity index is 598.